The van der Waals surface area contributed by atoms with Gasteiger partial charge in [0.1, 0.15) is 6.04 Å². The molecule has 1 unspecified atom stereocenters. The van der Waals surface area contributed by atoms with E-state index < -0.39 is 0 Å². The number of thioether (sulfide) groups is 1. The molecule has 0 amide bonds. The molecule has 0 fully saturated rings. The number of benzene rings is 1. The Bertz CT molecular complexity index is 389. The number of hydrogen-bond acceptors (Lipinski definition) is 3. The summed E-state index contributed by atoms with van der Waals surface area (Å²) in [5, 5.41) is 12.3. The van der Waals surface area contributed by atoms with Gasteiger partial charge in [-0.25, -0.2) is 0 Å². The second-order valence-electron chi connectivity index (χ2n) is 4.65. The van der Waals surface area contributed by atoms with Crippen molar-refractivity contribution in [3.8, 4) is 6.07 Å². The quantitative estimate of drug-likeness (QED) is 0.818. The van der Waals surface area contributed by atoms with Gasteiger partial charge in [-0.05, 0) is 32.4 Å². The van der Waals surface area contributed by atoms with Gasteiger partial charge < -0.3 is 5.32 Å². The molecular formula is C15H22N2S. The monoisotopic (exact) mass is 262 g/mol. The van der Waals surface area contributed by atoms with Gasteiger partial charge in [-0.1, -0.05) is 36.2 Å². The van der Waals surface area contributed by atoms with Crippen molar-refractivity contribution < 1.29 is 0 Å². The minimum Gasteiger partial charge on any atom is -0.301 e. The van der Waals surface area contributed by atoms with Crippen LogP contribution in [0, 0.1) is 25.2 Å². The number of nitrogens with one attached hydrogen (secondary N) is 1. The van der Waals surface area contributed by atoms with Gasteiger partial charge in [0.25, 0.3) is 0 Å². The SMILES string of the molecule is CCCNC(C#N)CSCc1cc(C)cc(C)c1. The molecule has 0 aliphatic rings. The highest BCUT2D eigenvalue weighted by Crippen LogP contribution is 2.16. The van der Waals surface area contributed by atoms with Crippen LogP contribution in [0.3, 0.4) is 0 Å². The Morgan fingerprint density at radius 1 is 1.28 bits per heavy atom. The van der Waals surface area contributed by atoms with Crippen LogP contribution in [0.5, 0.6) is 0 Å². The van der Waals surface area contributed by atoms with E-state index in [4.69, 9.17) is 5.26 Å². The molecule has 0 radical (unpaired) electrons. The van der Waals surface area contributed by atoms with E-state index in [0.29, 0.717) is 0 Å². The van der Waals surface area contributed by atoms with Crippen LogP contribution >= 0.6 is 11.8 Å². The second kappa shape index (κ2) is 8.18. The van der Waals surface area contributed by atoms with E-state index in [0.717, 1.165) is 24.5 Å². The fourth-order valence-corrected chi connectivity index (χ4v) is 2.86. The molecule has 0 saturated carbocycles. The number of aryl methyl sites for hydroxylation is 2. The zero-order valence-electron chi connectivity index (χ0n) is 11.5. The summed E-state index contributed by atoms with van der Waals surface area (Å²) in [4.78, 5) is 0. The molecule has 1 atom stereocenters. The molecule has 1 rings (SSSR count). The maximum absolute atomic E-state index is 9.01. The number of nitrogens with zero attached hydrogens (tertiary/aromatic N) is 1. The van der Waals surface area contributed by atoms with Gasteiger partial charge in [0.2, 0.25) is 0 Å². The van der Waals surface area contributed by atoms with E-state index >= 15 is 0 Å². The molecule has 1 aromatic rings. The summed E-state index contributed by atoms with van der Waals surface area (Å²) in [5.74, 6) is 1.83. The maximum Gasteiger partial charge on any atom is 0.104 e. The van der Waals surface area contributed by atoms with Crippen molar-refractivity contribution in [2.45, 2.75) is 39.0 Å². The predicted octanol–water partition coefficient (Wildman–Crippen LogP) is 3.43. The molecule has 0 aliphatic heterocycles. The van der Waals surface area contributed by atoms with E-state index in [1.807, 2.05) is 11.8 Å². The van der Waals surface area contributed by atoms with Crippen LogP contribution < -0.4 is 5.32 Å². The van der Waals surface area contributed by atoms with Crippen LogP contribution in [0.2, 0.25) is 0 Å². The maximum atomic E-state index is 9.01. The lowest BCUT2D eigenvalue weighted by Crippen LogP contribution is -2.30. The Balaban J connectivity index is 2.38. The van der Waals surface area contributed by atoms with Crippen LogP contribution in [0.1, 0.15) is 30.0 Å². The minimum absolute atomic E-state index is 0.0270. The van der Waals surface area contributed by atoms with Crippen molar-refractivity contribution in [2.24, 2.45) is 0 Å². The van der Waals surface area contributed by atoms with E-state index in [-0.39, 0.29) is 6.04 Å². The first-order valence-electron chi connectivity index (χ1n) is 6.43. The van der Waals surface area contributed by atoms with Crippen LogP contribution in [-0.2, 0) is 5.75 Å². The smallest absolute Gasteiger partial charge is 0.104 e. The molecule has 0 aromatic heterocycles. The van der Waals surface area contributed by atoms with E-state index in [9.17, 15) is 0 Å². The van der Waals surface area contributed by atoms with E-state index in [1.165, 1.54) is 16.7 Å². The fourth-order valence-electron chi connectivity index (χ4n) is 1.91. The molecule has 3 heteroatoms. The van der Waals surface area contributed by atoms with Gasteiger partial charge in [0.15, 0.2) is 0 Å². The lowest BCUT2D eigenvalue weighted by Gasteiger charge is -2.10. The first-order valence-corrected chi connectivity index (χ1v) is 7.59. The molecule has 2 nitrogen and oxygen atoms in total. The predicted molar refractivity (Wildman–Crippen MR) is 79.8 cm³/mol. The second-order valence-corrected chi connectivity index (χ2v) is 5.68. The molecule has 1 N–H and O–H groups in total. The molecule has 0 spiro atoms. The van der Waals surface area contributed by atoms with Crippen molar-refractivity contribution >= 4 is 11.8 Å². The van der Waals surface area contributed by atoms with Crippen molar-refractivity contribution in [2.75, 3.05) is 12.3 Å². The summed E-state index contributed by atoms with van der Waals surface area (Å²) in [7, 11) is 0. The third-order valence-corrected chi connectivity index (χ3v) is 3.74. The minimum atomic E-state index is -0.0270. The average Bonchev–Trinajstić information content (AvgIpc) is 2.32. The third kappa shape index (κ3) is 5.57. The molecule has 98 valence electrons. The van der Waals surface area contributed by atoms with Gasteiger partial charge in [-0.15, -0.1) is 0 Å². The third-order valence-electron chi connectivity index (χ3n) is 2.63. The van der Waals surface area contributed by atoms with Crippen LogP contribution in [0.25, 0.3) is 0 Å². The molecule has 18 heavy (non-hydrogen) atoms. The van der Waals surface area contributed by atoms with Crippen molar-refractivity contribution in [3.05, 3.63) is 34.9 Å². The highest BCUT2D eigenvalue weighted by Gasteiger charge is 2.06. The Hall–Kier alpha value is -0.980. The molecular weight excluding hydrogens is 240 g/mol. The van der Waals surface area contributed by atoms with Gasteiger partial charge in [-0.3, -0.25) is 0 Å². The molecule has 0 heterocycles. The van der Waals surface area contributed by atoms with Crippen LogP contribution in [0.4, 0.5) is 0 Å². The van der Waals surface area contributed by atoms with E-state index in [1.54, 1.807) is 0 Å². The lowest BCUT2D eigenvalue weighted by molar-refractivity contribution is 0.637. The Kier molecular flexibility index (Phi) is 6.85. The summed E-state index contributed by atoms with van der Waals surface area (Å²) in [5.41, 5.74) is 3.97. The molecule has 0 aliphatic carbocycles. The van der Waals surface area contributed by atoms with Gasteiger partial charge in [0, 0.05) is 11.5 Å². The topological polar surface area (TPSA) is 35.8 Å². The van der Waals surface area contributed by atoms with Crippen molar-refractivity contribution in [1.82, 2.24) is 5.32 Å². The van der Waals surface area contributed by atoms with E-state index in [2.05, 4.69) is 50.4 Å². The first-order chi connectivity index (χ1) is 8.65. The van der Waals surface area contributed by atoms with Crippen LogP contribution in [-0.4, -0.2) is 18.3 Å². The highest BCUT2D eigenvalue weighted by atomic mass is 32.2. The Morgan fingerprint density at radius 2 is 1.94 bits per heavy atom. The van der Waals surface area contributed by atoms with Crippen molar-refractivity contribution in [1.29, 1.82) is 5.26 Å². The fraction of sp³-hybridized carbons (Fsp3) is 0.533. The molecule has 1 aromatic carbocycles. The van der Waals surface area contributed by atoms with Gasteiger partial charge in [-0.2, -0.15) is 17.0 Å². The Morgan fingerprint density at radius 3 is 2.50 bits per heavy atom. The summed E-state index contributed by atoms with van der Waals surface area (Å²) >= 11 is 1.82. The zero-order valence-corrected chi connectivity index (χ0v) is 12.3. The molecule has 0 bridgehead atoms. The number of nitriles is 1. The standard InChI is InChI=1S/C15H22N2S/c1-4-5-17-15(9-16)11-18-10-14-7-12(2)6-13(3)8-14/h6-8,15,17H,4-5,10-11H2,1-3H3. The van der Waals surface area contributed by atoms with Crippen molar-refractivity contribution in [3.63, 3.8) is 0 Å². The highest BCUT2D eigenvalue weighted by molar-refractivity contribution is 7.98. The summed E-state index contributed by atoms with van der Waals surface area (Å²) in [6.07, 6.45) is 1.07. The number of rotatable bonds is 7. The van der Waals surface area contributed by atoms with Crippen LogP contribution in [0.15, 0.2) is 18.2 Å². The zero-order chi connectivity index (χ0) is 13.4. The number of hydrogen-bond donors (Lipinski definition) is 1. The normalized spacial score (nSPS) is 12.1. The summed E-state index contributed by atoms with van der Waals surface area (Å²) in [6, 6.07) is 8.92. The molecule has 0 saturated heterocycles. The summed E-state index contributed by atoms with van der Waals surface area (Å²) < 4.78 is 0. The lowest BCUT2D eigenvalue weighted by atomic mass is 10.1. The average molecular weight is 262 g/mol. The largest absolute Gasteiger partial charge is 0.301 e. The summed E-state index contributed by atoms with van der Waals surface area (Å²) in [6.45, 7) is 7.29. The Labute approximate surface area is 115 Å². The van der Waals surface area contributed by atoms with Gasteiger partial charge in [0.05, 0.1) is 6.07 Å². The van der Waals surface area contributed by atoms with Gasteiger partial charge >= 0.3 is 0 Å². The first kappa shape index (κ1) is 15.1.